The maximum Gasteiger partial charge on any atom is 0.160 e. The second kappa shape index (κ2) is 2.65. The average Bonchev–Trinajstić information content (AvgIpc) is 1.88. The molecule has 1 heteroatoms. The van der Waals surface area contributed by atoms with E-state index in [1.165, 1.54) is 6.92 Å². The molecule has 1 aromatic rings. The first kappa shape index (κ1) is 7.00. The molecule has 0 aliphatic rings. The molecule has 2 radical (unpaired) electrons. The Labute approximate surface area is 60.7 Å². The highest BCUT2D eigenvalue weighted by Crippen LogP contribution is 2.06. The van der Waals surface area contributed by atoms with Crippen LogP contribution in [0.25, 0.3) is 0 Å². The predicted molar refractivity (Wildman–Crippen MR) is 39.8 cm³/mol. The van der Waals surface area contributed by atoms with Crippen molar-refractivity contribution in [1.82, 2.24) is 0 Å². The molecule has 1 aromatic carbocycles. The first-order chi connectivity index (χ1) is 4.72. The van der Waals surface area contributed by atoms with E-state index >= 15 is 0 Å². The summed E-state index contributed by atoms with van der Waals surface area (Å²) in [5.41, 5.74) is 1.15. The van der Waals surface area contributed by atoms with Crippen molar-refractivity contribution in [2.75, 3.05) is 0 Å². The summed E-state index contributed by atoms with van der Waals surface area (Å²) in [5, 5.41) is 0. The zero-order chi connectivity index (χ0) is 7.56. The maximum atomic E-state index is 10.8. The van der Waals surface area contributed by atoms with Crippen molar-refractivity contribution in [3.8, 4) is 0 Å². The van der Waals surface area contributed by atoms with Crippen LogP contribution in [-0.2, 0) is 0 Å². The molecule has 0 atom stereocenters. The molecule has 0 unspecified atom stereocenters. The molecule has 0 saturated heterocycles. The summed E-state index contributed by atoms with van der Waals surface area (Å²) in [6.45, 7) is 7.01. The Bertz CT molecular complexity index is 251. The molecule has 0 spiro atoms. The lowest BCUT2D eigenvalue weighted by Gasteiger charge is -1.97. The summed E-state index contributed by atoms with van der Waals surface area (Å²) >= 11 is 0. The molecule has 0 saturated carbocycles. The molecule has 0 bridgehead atoms. The number of benzene rings is 1. The van der Waals surface area contributed by atoms with E-state index in [-0.39, 0.29) is 5.78 Å². The first-order valence-electron chi connectivity index (χ1n) is 3.07. The molecule has 0 fully saturated rings. The van der Waals surface area contributed by atoms with Gasteiger partial charge in [0.05, 0.1) is 0 Å². The van der Waals surface area contributed by atoms with Gasteiger partial charge in [-0.25, -0.2) is 0 Å². The summed E-state index contributed by atoms with van der Waals surface area (Å²) in [4.78, 5) is 10.8. The standard InChI is InChI=1S/C9H8O/c1-7-5-3-4-6-9(7)8(2)10/h1,3-6H,2H3. The summed E-state index contributed by atoms with van der Waals surface area (Å²) in [6.07, 6.45) is 0. The van der Waals surface area contributed by atoms with Gasteiger partial charge in [0, 0.05) is 5.56 Å². The third-order valence-corrected chi connectivity index (χ3v) is 1.34. The van der Waals surface area contributed by atoms with Crippen LogP contribution < -0.4 is 0 Å². The van der Waals surface area contributed by atoms with Crippen molar-refractivity contribution in [3.63, 3.8) is 0 Å². The largest absolute Gasteiger partial charge is 0.295 e. The van der Waals surface area contributed by atoms with Crippen LogP contribution in [0.2, 0.25) is 0 Å². The summed E-state index contributed by atoms with van der Waals surface area (Å²) in [7, 11) is 0. The van der Waals surface area contributed by atoms with Crippen molar-refractivity contribution < 1.29 is 4.79 Å². The molecular weight excluding hydrogens is 124 g/mol. The van der Waals surface area contributed by atoms with Crippen LogP contribution in [0, 0.1) is 6.92 Å². The van der Waals surface area contributed by atoms with Gasteiger partial charge in [0.25, 0.3) is 0 Å². The minimum absolute atomic E-state index is 0.0121. The summed E-state index contributed by atoms with van der Waals surface area (Å²) in [6, 6.07) is 7.04. The zero-order valence-corrected chi connectivity index (χ0v) is 5.79. The topological polar surface area (TPSA) is 17.1 Å². The number of ketones is 1. The van der Waals surface area contributed by atoms with Crippen molar-refractivity contribution in [2.24, 2.45) is 0 Å². The third-order valence-electron chi connectivity index (χ3n) is 1.34. The normalized spacial score (nSPS) is 9.40. The Morgan fingerprint density at radius 2 is 2.00 bits per heavy atom. The molecule has 0 aliphatic heterocycles. The minimum Gasteiger partial charge on any atom is -0.295 e. The van der Waals surface area contributed by atoms with Gasteiger partial charge in [-0.1, -0.05) is 24.3 Å². The van der Waals surface area contributed by atoms with Crippen molar-refractivity contribution >= 4 is 5.78 Å². The van der Waals surface area contributed by atoms with Gasteiger partial charge in [-0.3, -0.25) is 4.79 Å². The van der Waals surface area contributed by atoms with Crippen LogP contribution in [0.15, 0.2) is 24.3 Å². The highest BCUT2D eigenvalue weighted by atomic mass is 16.1. The quantitative estimate of drug-likeness (QED) is 0.534. The molecule has 1 nitrogen and oxygen atoms in total. The van der Waals surface area contributed by atoms with Gasteiger partial charge in [-0.2, -0.15) is 0 Å². The van der Waals surface area contributed by atoms with Gasteiger partial charge in [0.1, 0.15) is 0 Å². The number of hydrogen-bond acceptors (Lipinski definition) is 1. The Morgan fingerprint density at radius 1 is 1.40 bits per heavy atom. The average molecular weight is 132 g/mol. The van der Waals surface area contributed by atoms with Crippen molar-refractivity contribution in [3.05, 3.63) is 42.3 Å². The number of hydrogen-bond donors (Lipinski definition) is 0. The van der Waals surface area contributed by atoms with E-state index in [1.807, 2.05) is 6.07 Å². The summed E-state index contributed by atoms with van der Waals surface area (Å²) < 4.78 is 0. The fourth-order valence-electron chi connectivity index (χ4n) is 0.818. The first-order valence-corrected chi connectivity index (χ1v) is 3.07. The molecule has 50 valence electrons. The van der Waals surface area contributed by atoms with E-state index in [4.69, 9.17) is 6.92 Å². The van der Waals surface area contributed by atoms with E-state index in [0.717, 1.165) is 0 Å². The zero-order valence-electron chi connectivity index (χ0n) is 5.79. The number of carbonyl (C=O) groups is 1. The van der Waals surface area contributed by atoms with E-state index < -0.39 is 0 Å². The van der Waals surface area contributed by atoms with Crippen molar-refractivity contribution in [1.29, 1.82) is 0 Å². The Hall–Kier alpha value is -1.11. The highest BCUT2D eigenvalue weighted by Gasteiger charge is 1.99. The summed E-state index contributed by atoms with van der Waals surface area (Å²) in [5.74, 6) is 0.0121. The fraction of sp³-hybridized carbons (Fsp3) is 0.111. The van der Waals surface area contributed by atoms with Crippen LogP contribution in [0.4, 0.5) is 0 Å². The smallest absolute Gasteiger partial charge is 0.160 e. The van der Waals surface area contributed by atoms with E-state index in [0.29, 0.717) is 11.1 Å². The number of rotatable bonds is 1. The molecule has 0 aliphatic carbocycles. The fourth-order valence-corrected chi connectivity index (χ4v) is 0.818. The van der Waals surface area contributed by atoms with Gasteiger partial charge < -0.3 is 0 Å². The Kier molecular flexibility index (Phi) is 1.86. The molecule has 0 N–H and O–H groups in total. The lowest BCUT2D eigenvalue weighted by atomic mass is 10.1. The minimum atomic E-state index is 0.0121. The van der Waals surface area contributed by atoms with E-state index in [2.05, 4.69) is 0 Å². The molecular formula is C9H8O. The van der Waals surface area contributed by atoms with E-state index in [1.54, 1.807) is 18.2 Å². The molecule has 0 aromatic heterocycles. The second-order valence-corrected chi connectivity index (χ2v) is 2.14. The van der Waals surface area contributed by atoms with Gasteiger partial charge in [-0.05, 0) is 19.4 Å². The molecule has 10 heavy (non-hydrogen) atoms. The molecule has 0 heterocycles. The highest BCUT2D eigenvalue weighted by molar-refractivity contribution is 5.95. The van der Waals surface area contributed by atoms with Gasteiger partial charge >= 0.3 is 0 Å². The SMILES string of the molecule is [CH]c1ccccc1C(C)=O. The predicted octanol–water partition coefficient (Wildman–Crippen LogP) is 1.95. The van der Waals surface area contributed by atoms with E-state index in [9.17, 15) is 4.79 Å². The van der Waals surface area contributed by atoms with Crippen LogP contribution in [-0.4, -0.2) is 5.78 Å². The maximum absolute atomic E-state index is 10.8. The monoisotopic (exact) mass is 132 g/mol. The molecule has 0 amide bonds. The number of carbonyl (C=O) groups excluding carboxylic acids is 1. The second-order valence-electron chi connectivity index (χ2n) is 2.14. The van der Waals surface area contributed by atoms with Gasteiger partial charge in [-0.15, -0.1) is 0 Å². The van der Waals surface area contributed by atoms with Crippen LogP contribution >= 0.6 is 0 Å². The Morgan fingerprint density at radius 3 is 2.40 bits per heavy atom. The lowest BCUT2D eigenvalue weighted by Crippen LogP contribution is -1.93. The van der Waals surface area contributed by atoms with Gasteiger partial charge in [0.15, 0.2) is 5.78 Å². The van der Waals surface area contributed by atoms with Crippen LogP contribution in [0.1, 0.15) is 22.8 Å². The lowest BCUT2D eigenvalue weighted by molar-refractivity contribution is 0.101. The van der Waals surface area contributed by atoms with Crippen LogP contribution in [0.3, 0.4) is 0 Å². The molecule has 1 rings (SSSR count). The van der Waals surface area contributed by atoms with Crippen molar-refractivity contribution in [2.45, 2.75) is 6.92 Å². The van der Waals surface area contributed by atoms with Crippen LogP contribution in [0.5, 0.6) is 0 Å². The Balaban J connectivity index is 3.15. The van der Waals surface area contributed by atoms with Gasteiger partial charge in [0.2, 0.25) is 0 Å². The third kappa shape index (κ3) is 1.24. The number of Topliss-reactive ketones (excluding diaryl/α,β-unsaturated/α-hetero) is 1.